The fourth-order valence-electron chi connectivity index (χ4n) is 9.09. The topological polar surface area (TPSA) is 48.5 Å². The van der Waals surface area contributed by atoms with Crippen molar-refractivity contribution in [1.29, 1.82) is 0 Å². The number of hydrogen-bond acceptors (Lipinski definition) is 3. The van der Waals surface area contributed by atoms with Crippen LogP contribution < -0.4 is 0 Å². The van der Waals surface area contributed by atoms with E-state index in [0.717, 1.165) is 71.9 Å². The lowest BCUT2D eigenvalue weighted by Gasteiger charge is -2.14. The molecule has 0 fully saturated rings. The van der Waals surface area contributed by atoms with Gasteiger partial charge in [-0.2, -0.15) is 9.97 Å². The van der Waals surface area contributed by atoms with Crippen LogP contribution in [0.3, 0.4) is 0 Å². The molecule has 0 amide bonds. The predicted octanol–water partition coefficient (Wildman–Crippen LogP) is 14.4. The molecule has 0 atom stereocenters. The predicted molar refractivity (Wildman–Crippen MR) is 256 cm³/mol. The van der Waals surface area contributed by atoms with Gasteiger partial charge in [-0.3, -0.25) is 4.57 Å². The van der Waals surface area contributed by atoms with Crippen molar-refractivity contribution in [3.8, 4) is 67.8 Å². The highest BCUT2D eigenvalue weighted by Crippen LogP contribution is 2.42. The molecule has 290 valence electrons. The molecule has 0 saturated carbocycles. The van der Waals surface area contributed by atoms with E-state index < -0.39 is 0 Å². The molecule has 12 aromatic rings. The van der Waals surface area contributed by atoms with Crippen LogP contribution in [0, 0.1) is 0 Å². The minimum atomic E-state index is 0.556. The van der Waals surface area contributed by atoms with Crippen molar-refractivity contribution < 1.29 is 0 Å². The Bertz CT molecular complexity index is 3550. The summed E-state index contributed by atoms with van der Waals surface area (Å²) in [5, 5.41) is 4.62. The smallest absolute Gasteiger partial charge is 0.238 e. The van der Waals surface area contributed by atoms with Crippen molar-refractivity contribution in [2.45, 2.75) is 0 Å². The van der Waals surface area contributed by atoms with Gasteiger partial charge in [0.25, 0.3) is 0 Å². The third-order valence-corrected chi connectivity index (χ3v) is 11.9. The molecule has 0 aliphatic heterocycles. The molecule has 62 heavy (non-hydrogen) atoms. The number of fused-ring (bicyclic) bond motifs is 7. The molecule has 9 aromatic carbocycles. The van der Waals surface area contributed by atoms with Gasteiger partial charge >= 0.3 is 0 Å². The van der Waals surface area contributed by atoms with E-state index in [1.165, 1.54) is 21.9 Å². The van der Waals surface area contributed by atoms with E-state index in [4.69, 9.17) is 15.0 Å². The van der Waals surface area contributed by atoms with Gasteiger partial charge in [-0.25, -0.2) is 4.98 Å². The lowest BCUT2D eigenvalue weighted by Crippen LogP contribution is -2.07. The number of hydrogen-bond donors (Lipinski definition) is 0. The fourth-order valence-corrected chi connectivity index (χ4v) is 9.09. The molecule has 0 N–H and O–H groups in total. The Morgan fingerprint density at radius 2 is 0.661 bits per heavy atom. The van der Waals surface area contributed by atoms with Crippen LogP contribution in [0.2, 0.25) is 0 Å². The Labute approximate surface area is 358 Å². The van der Waals surface area contributed by atoms with E-state index in [1.807, 2.05) is 18.2 Å². The number of rotatable bonds is 7. The van der Waals surface area contributed by atoms with Crippen LogP contribution in [0.15, 0.2) is 224 Å². The zero-order valence-electron chi connectivity index (χ0n) is 33.6. The number of benzene rings is 9. The lowest BCUT2D eigenvalue weighted by atomic mass is 9.93. The number of nitrogens with zero attached hydrogens (tertiary/aromatic N) is 5. The summed E-state index contributed by atoms with van der Waals surface area (Å²) in [7, 11) is 0. The SMILES string of the molecule is c1ccc(-c2cc(-c3ccccc3)cc(-c3cccc(-c4nc(-c5ccccc5)nc(-n5c6ccccc6c6ccc7c8ccccc8n(-c8ccccc8)c7c65)n4)c3)c2)cc1. The fraction of sp³-hybridized carbons (Fsp3) is 0. The first-order valence-electron chi connectivity index (χ1n) is 20.9. The van der Waals surface area contributed by atoms with Gasteiger partial charge in [-0.15, -0.1) is 0 Å². The Kier molecular flexibility index (Phi) is 8.42. The largest absolute Gasteiger partial charge is 0.307 e. The van der Waals surface area contributed by atoms with Crippen LogP contribution >= 0.6 is 0 Å². The summed E-state index contributed by atoms with van der Waals surface area (Å²) in [5.74, 6) is 1.76. The molecule has 0 aliphatic carbocycles. The molecule has 5 heteroatoms. The van der Waals surface area contributed by atoms with E-state index in [2.05, 4.69) is 215 Å². The number of aromatic nitrogens is 5. The lowest BCUT2D eigenvalue weighted by molar-refractivity contribution is 0.953. The van der Waals surface area contributed by atoms with Crippen LogP contribution in [0.4, 0.5) is 0 Å². The molecule has 3 aromatic heterocycles. The van der Waals surface area contributed by atoms with Crippen LogP contribution in [0.1, 0.15) is 0 Å². The maximum absolute atomic E-state index is 5.43. The summed E-state index contributed by atoms with van der Waals surface area (Å²) in [6, 6.07) is 79.3. The molecule has 0 bridgehead atoms. The molecule has 0 radical (unpaired) electrons. The third kappa shape index (κ3) is 5.98. The van der Waals surface area contributed by atoms with Crippen LogP contribution in [0.5, 0.6) is 0 Å². The van der Waals surface area contributed by atoms with Crippen molar-refractivity contribution in [3.05, 3.63) is 224 Å². The van der Waals surface area contributed by atoms with E-state index >= 15 is 0 Å². The molecular weight excluding hydrogens is 755 g/mol. The standard InChI is InChI=1S/C57H37N5/c1-5-18-38(19-6-1)43-35-44(39-20-7-2-8-21-39)37-45(36-43)41-24-17-25-42(34-41)56-58-55(40-22-9-3-10-23-40)59-57(60-56)62-52-31-16-14-29-48(52)50-33-32-49-47-28-13-15-30-51(47)61(53(49)54(50)62)46-26-11-4-12-27-46/h1-37H. The summed E-state index contributed by atoms with van der Waals surface area (Å²) in [4.78, 5) is 16.0. The van der Waals surface area contributed by atoms with Gasteiger partial charge < -0.3 is 4.57 Å². The first-order chi connectivity index (χ1) is 30.7. The monoisotopic (exact) mass is 791 g/mol. The van der Waals surface area contributed by atoms with E-state index in [-0.39, 0.29) is 0 Å². The first-order valence-corrected chi connectivity index (χ1v) is 20.9. The molecule has 0 saturated heterocycles. The molecule has 3 heterocycles. The zero-order chi connectivity index (χ0) is 41.0. The second-order valence-electron chi connectivity index (χ2n) is 15.7. The van der Waals surface area contributed by atoms with E-state index in [9.17, 15) is 0 Å². The summed E-state index contributed by atoms with van der Waals surface area (Å²) in [6.07, 6.45) is 0. The quantitative estimate of drug-likeness (QED) is 0.162. The first kappa shape index (κ1) is 35.5. The molecule has 0 spiro atoms. The van der Waals surface area contributed by atoms with Crippen LogP contribution in [0.25, 0.3) is 111 Å². The van der Waals surface area contributed by atoms with Gasteiger partial charge in [0, 0.05) is 38.4 Å². The Morgan fingerprint density at radius 3 is 1.24 bits per heavy atom. The summed E-state index contributed by atoms with van der Waals surface area (Å²) in [6.45, 7) is 0. The van der Waals surface area contributed by atoms with Gasteiger partial charge in [0.1, 0.15) is 0 Å². The van der Waals surface area contributed by atoms with Gasteiger partial charge in [0.15, 0.2) is 11.6 Å². The Hall–Kier alpha value is -8.41. The second-order valence-corrected chi connectivity index (χ2v) is 15.7. The van der Waals surface area contributed by atoms with Crippen molar-refractivity contribution in [2.75, 3.05) is 0 Å². The average Bonchev–Trinajstić information content (AvgIpc) is 3.88. The van der Waals surface area contributed by atoms with Crippen LogP contribution in [-0.4, -0.2) is 24.1 Å². The maximum Gasteiger partial charge on any atom is 0.238 e. The highest BCUT2D eigenvalue weighted by Gasteiger charge is 2.23. The molecule has 0 aliphatic rings. The summed E-state index contributed by atoms with van der Waals surface area (Å²) in [5.41, 5.74) is 14.1. The average molecular weight is 792 g/mol. The Morgan fingerprint density at radius 1 is 0.258 bits per heavy atom. The molecule has 0 unspecified atom stereocenters. The van der Waals surface area contributed by atoms with Gasteiger partial charge in [-0.05, 0) is 81.9 Å². The van der Waals surface area contributed by atoms with Crippen molar-refractivity contribution >= 4 is 43.6 Å². The van der Waals surface area contributed by atoms with Crippen molar-refractivity contribution in [3.63, 3.8) is 0 Å². The second kappa shape index (κ2) is 14.7. The van der Waals surface area contributed by atoms with Crippen molar-refractivity contribution in [1.82, 2.24) is 24.1 Å². The molecular formula is C57H37N5. The maximum atomic E-state index is 5.43. The van der Waals surface area contributed by atoms with Crippen LogP contribution in [-0.2, 0) is 0 Å². The van der Waals surface area contributed by atoms with E-state index in [0.29, 0.717) is 17.6 Å². The summed E-state index contributed by atoms with van der Waals surface area (Å²) < 4.78 is 4.64. The normalized spacial score (nSPS) is 11.5. The van der Waals surface area contributed by atoms with Gasteiger partial charge in [-0.1, -0.05) is 176 Å². The van der Waals surface area contributed by atoms with E-state index in [1.54, 1.807) is 0 Å². The molecule has 12 rings (SSSR count). The number of para-hydroxylation sites is 3. The summed E-state index contributed by atoms with van der Waals surface area (Å²) >= 11 is 0. The highest BCUT2D eigenvalue weighted by molar-refractivity contribution is 6.23. The van der Waals surface area contributed by atoms with Gasteiger partial charge in [0.05, 0.1) is 22.1 Å². The van der Waals surface area contributed by atoms with Gasteiger partial charge in [0.2, 0.25) is 5.95 Å². The third-order valence-electron chi connectivity index (χ3n) is 11.9. The minimum Gasteiger partial charge on any atom is -0.307 e. The minimum absolute atomic E-state index is 0.556. The zero-order valence-corrected chi connectivity index (χ0v) is 33.6. The van der Waals surface area contributed by atoms with Crippen molar-refractivity contribution in [2.24, 2.45) is 0 Å². The Balaban J connectivity index is 1.12. The molecule has 5 nitrogen and oxygen atoms in total. The highest BCUT2D eigenvalue weighted by atomic mass is 15.2.